The number of pyridine rings is 1. The number of hydrogen-bond acceptors (Lipinski definition) is 3. The van der Waals surface area contributed by atoms with Crippen molar-refractivity contribution in [1.29, 1.82) is 0 Å². The van der Waals surface area contributed by atoms with Gasteiger partial charge >= 0.3 is 0 Å². The summed E-state index contributed by atoms with van der Waals surface area (Å²) in [5.74, 6) is -0.0246. The molecule has 0 bridgehead atoms. The van der Waals surface area contributed by atoms with Crippen molar-refractivity contribution in [2.24, 2.45) is 0 Å². The van der Waals surface area contributed by atoms with Gasteiger partial charge in [0.15, 0.2) is 0 Å². The van der Waals surface area contributed by atoms with Crippen LogP contribution in [0, 0.1) is 0 Å². The van der Waals surface area contributed by atoms with E-state index in [1.54, 1.807) is 17.3 Å². The Morgan fingerprint density at radius 1 is 1.13 bits per heavy atom. The number of unbranched alkanes of at least 4 members (excludes halogenated alkanes) is 2. The van der Waals surface area contributed by atoms with Crippen LogP contribution in [0.25, 0.3) is 0 Å². The molecule has 4 nitrogen and oxygen atoms in total. The van der Waals surface area contributed by atoms with E-state index >= 15 is 0 Å². The molecule has 0 saturated heterocycles. The third-order valence-electron chi connectivity index (χ3n) is 3.72. The molecule has 122 valence electrons. The van der Waals surface area contributed by atoms with Gasteiger partial charge in [-0.2, -0.15) is 0 Å². The number of hydrogen-bond donors (Lipinski definition) is 1. The molecule has 2 aromatic rings. The first-order valence-corrected chi connectivity index (χ1v) is 8.32. The molecule has 1 aromatic carbocycles. The first kappa shape index (κ1) is 17.0. The Kier molecular flexibility index (Phi) is 6.60. The van der Waals surface area contributed by atoms with Crippen molar-refractivity contribution in [3.05, 3.63) is 54.4 Å². The topological polar surface area (TPSA) is 45.2 Å². The van der Waals surface area contributed by atoms with Crippen LogP contribution in [0.15, 0.2) is 48.8 Å². The molecule has 0 atom stereocenters. The lowest BCUT2D eigenvalue weighted by atomic mass is 10.2. The van der Waals surface area contributed by atoms with Crippen molar-refractivity contribution in [3.63, 3.8) is 0 Å². The molecule has 0 aliphatic rings. The zero-order valence-electron chi connectivity index (χ0n) is 14.0. The standard InChI is InChI=1S/C19H25N3O/c1-3-5-9-12-21-17-13-16(14-20-15-17)19(23)22(4-2)18-10-7-6-8-11-18/h6-8,10-11,13-15,21H,3-5,9,12H2,1-2H3. The maximum absolute atomic E-state index is 12.8. The van der Waals surface area contributed by atoms with E-state index in [0.29, 0.717) is 12.1 Å². The summed E-state index contributed by atoms with van der Waals surface area (Å²) >= 11 is 0. The average Bonchev–Trinajstić information content (AvgIpc) is 2.60. The van der Waals surface area contributed by atoms with Crippen molar-refractivity contribution >= 4 is 17.3 Å². The van der Waals surface area contributed by atoms with E-state index in [9.17, 15) is 4.79 Å². The highest BCUT2D eigenvalue weighted by molar-refractivity contribution is 6.06. The molecule has 23 heavy (non-hydrogen) atoms. The maximum atomic E-state index is 12.8. The monoisotopic (exact) mass is 311 g/mol. The van der Waals surface area contributed by atoms with Crippen LogP contribution in [0.4, 0.5) is 11.4 Å². The third kappa shape index (κ3) is 4.81. The van der Waals surface area contributed by atoms with Crippen LogP contribution in [0.2, 0.25) is 0 Å². The van der Waals surface area contributed by atoms with Gasteiger partial charge in [0, 0.05) is 31.2 Å². The lowest BCUT2D eigenvalue weighted by Gasteiger charge is -2.21. The minimum atomic E-state index is -0.0246. The van der Waals surface area contributed by atoms with Crippen LogP contribution in [0.1, 0.15) is 43.5 Å². The summed E-state index contributed by atoms with van der Waals surface area (Å²) in [6.07, 6.45) is 6.92. The smallest absolute Gasteiger partial charge is 0.259 e. The van der Waals surface area contributed by atoms with Crippen molar-refractivity contribution in [2.75, 3.05) is 23.3 Å². The summed E-state index contributed by atoms with van der Waals surface area (Å²) in [6, 6.07) is 11.6. The highest BCUT2D eigenvalue weighted by Gasteiger charge is 2.16. The van der Waals surface area contributed by atoms with Crippen molar-refractivity contribution in [2.45, 2.75) is 33.1 Å². The lowest BCUT2D eigenvalue weighted by molar-refractivity contribution is 0.0988. The Bertz CT molecular complexity index is 613. The van der Waals surface area contributed by atoms with E-state index in [0.717, 1.165) is 24.3 Å². The molecule has 4 heteroatoms. The van der Waals surface area contributed by atoms with Gasteiger partial charge in [0.2, 0.25) is 0 Å². The summed E-state index contributed by atoms with van der Waals surface area (Å²) in [5.41, 5.74) is 2.41. The number of para-hydroxylation sites is 1. The van der Waals surface area contributed by atoms with Gasteiger partial charge in [-0.3, -0.25) is 9.78 Å². The molecule has 0 fully saturated rings. The highest BCUT2D eigenvalue weighted by atomic mass is 16.2. The second-order valence-electron chi connectivity index (χ2n) is 5.48. The molecule has 0 radical (unpaired) electrons. The summed E-state index contributed by atoms with van der Waals surface area (Å²) in [5, 5.41) is 3.34. The Morgan fingerprint density at radius 3 is 2.61 bits per heavy atom. The minimum absolute atomic E-state index is 0.0246. The number of amides is 1. The van der Waals surface area contributed by atoms with Crippen molar-refractivity contribution in [3.8, 4) is 0 Å². The molecule has 0 unspecified atom stereocenters. The Balaban J connectivity index is 2.09. The number of aromatic nitrogens is 1. The predicted octanol–water partition coefficient (Wildman–Crippen LogP) is 4.35. The molecule has 0 spiro atoms. The molecule has 1 N–H and O–H groups in total. The fraction of sp³-hybridized carbons (Fsp3) is 0.368. The molecular formula is C19H25N3O. The molecule has 2 rings (SSSR count). The summed E-state index contributed by atoms with van der Waals surface area (Å²) in [4.78, 5) is 18.7. The molecule has 0 aliphatic carbocycles. The van der Waals surface area contributed by atoms with Gasteiger partial charge in [0.25, 0.3) is 5.91 Å². The zero-order chi connectivity index (χ0) is 16.5. The average molecular weight is 311 g/mol. The Hall–Kier alpha value is -2.36. The van der Waals surface area contributed by atoms with E-state index in [2.05, 4.69) is 17.2 Å². The van der Waals surface area contributed by atoms with Gasteiger partial charge in [-0.05, 0) is 31.5 Å². The molecule has 0 saturated carbocycles. The molecule has 1 heterocycles. The van der Waals surface area contributed by atoms with E-state index in [1.807, 2.05) is 43.3 Å². The molecular weight excluding hydrogens is 286 g/mol. The minimum Gasteiger partial charge on any atom is -0.384 e. The number of nitrogens with one attached hydrogen (secondary N) is 1. The number of carbonyl (C=O) groups excluding carboxylic acids is 1. The fourth-order valence-corrected chi connectivity index (χ4v) is 2.47. The number of carbonyl (C=O) groups is 1. The Labute approximate surface area is 138 Å². The van der Waals surface area contributed by atoms with Gasteiger partial charge in [0.05, 0.1) is 11.3 Å². The van der Waals surface area contributed by atoms with Crippen LogP contribution in [-0.4, -0.2) is 24.0 Å². The number of anilines is 2. The first-order chi connectivity index (χ1) is 11.3. The summed E-state index contributed by atoms with van der Waals surface area (Å²) < 4.78 is 0. The largest absolute Gasteiger partial charge is 0.384 e. The molecule has 1 amide bonds. The SMILES string of the molecule is CCCCCNc1cncc(C(=O)N(CC)c2ccccc2)c1. The van der Waals surface area contributed by atoms with Crippen LogP contribution < -0.4 is 10.2 Å². The molecule has 1 aromatic heterocycles. The van der Waals surface area contributed by atoms with Crippen molar-refractivity contribution < 1.29 is 4.79 Å². The quantitative estimate of drug-likeness (QED) is 0.737. The van der Waals surface area contributed by atoms with Crippen LogP contribution in [-0.2, 0) is 0 Å². The van der Waals surface area contributed by atoms with Crippen LogP contribution >= 0.6 is 0 Å². The maximum Gasteiger partial charge on any atom is 0.259 e. The lowest BCUT2D eigenvalue weighted by Crippen LogP contribution is -2.30. The summed E-state index contributed by atoms with van der Waals surface area (Å²) in [6.45, 7) is 5.69. The van der Waals surface area contributed by atoms with E-state index < -0.39 is 0 Å². The van der Waals surface area contributed by atoms with Crippen LogP contribution in [0.3, 0.4) is 0 Å². The van der Waals surface area contributed by atoms with Gasteiger partial charge < -0.3 is 10.2 Å². The first-order valence-electron chi connectivity index (χ1n) is 8.32. The second kappa shape index (κ2) is 8.93. The number of rotatable bonds is 8. The van der Waals surface area contributed by atoms with E-state index in [1.165, 1.54) is 12.8 Å². The van der Waals surface area contributed by atoms with Gasteiger partial charge in [-0.1, -0.05) is 38.0 Å². The van der Waals surface area contributed by atoms with Crippen molar-refractivity contribution in [1.82, 2.24) is 4.98 Å². The predicted molar refractivity (Wildman–Crippen MR) is 96.0 cm³/mol. The second-order valence-corrected chi connectivity index (χ2v) is 5.48. The zero-order valence-corrected chi connectivity index (χ0v) is 14.0. The van der Waals surface area contributed by atoms with E-state index in [4.69, 9.17) is 0 Å². The summed E-state index contributed by atoms with van der Waals surface area (Å²) in [7, 11) is 0. The van der Waals surface area contributed by atoms with Gasteiger partial charge in [-0.25, -0.2) is 0 Å². The number of nitrogens with zero attached hydrogens (tertiary/aromatic N) is 2. The Morgan fingerprint density at radius 2 is 1.91 bits per heavy atom. The van der Waals surface area contributed by atoms with E-state index in [-0.39, 0.29) is 5.91 Å². The molecule has 0 aliphatic heterocycles. The highest BCUT2D eigenvalue weighted by Crippen LogP contribution is 2.18. The fourth-order valence-electron chi connectivity index (χ4n) is 2.47. The van der Waals surface area contributed by atoms with Crippen LogP contribution in [0.5, 0.6) is 0 Å². The third-order valence-corrected chi connectivity index (χ3v) is 3.72. The van der Waals surface area contributed by atoms with Gasteiger partial charge in [0.1, 0.15) is 0 Å². The van der Waals surface area contributed by atoms with Gasteiger partial charge in [-0.15, -0.1) is 0 Å². The number of benzene rings is 1. The normalized spacial score (nSPS) is 10.3.